The molecule has 1 aliphatic heterocycles. The third-order valence-electron chi connectivity index (χ3n) is 6.01. The van der Waals surface area contributed by atoms with Gasteiger partial charge >= 0.3 is 0 Å². The molecule has 1 heterocycles. The Morgan fingerprint density at radius 2 is 1.88 bits per heavy atom. The van der Waals surface area contributed by atoms with Crippen molar-refractivity contribution in [2.45, 2.75) is 19.4 Å². The Kier molecular flexibility index (Phi) is 4.98. The third-order valence-corrected chi connectivity index (χ3v) is 6.50. The summed E-state index contributed by atoms with van der Waals surface area (Å²) in [6.07, 6.45) is 7.78. The van der Waals surface area contributed by atoms with Gasteiger partial charge in [-0.1, -0.05) is 28.1 Å². The average molecular weight is 391 g/mol. The predicted octanol–water partition coefficient (Wildman–Crippen LogP) is 3.79. The van der Waals surface area contributed by atoms with Crippen molar-refractivity contribution in [3.63, 3.8) is 0 Å². The summed E-state index contributed by atoms with van der Waals surface area (Å²) in [5.74, 6) is 3.68. The lowest BCUT2D eigenvalue weighted by molar-refractivity contribution is 0.108. The van der Waals surface area contributed by atoms with Crippen LogP contribution in [0.2, 0.25) is 0 Å². The molecular formula is C20H27BrN2O. The van der Waals surface area contributed by atoms with E-state index in [2.05, 4.69) is 50.0 Å². The minimum absolute atomic E-state index is 0.874. The highest BCUT2D eigenvalue weighted by atomic mass is 79.9. The first-order chi connectivity index (χ1) is 11.7. The summed E-state index contributed by atoms with van der Waals surface area (Å²) in [6, 6.07) is 6.29. The molecule has 2 fully saturated rings. The standard InChI is InChI=1S/C20H27BrN2O/c1-24-20-5-4-19(21)12-18(20)14-23-8-6-22(7-9-23)13-17-11-15-2-3-16(17)10-15/h2-5,12,15-17H,6-11,13-14H2,1H3/t15-,16-,17-/m0/s1. The van der Waals surface area contributed by atoms with Crippen LogP contribution in [0.3, 0.4) is 0 Å². The number of benzene rings is 1. The second kappa shape index (κ2) is 7.19. The van der Waals surface area contributed by atoms with Crippen LogP contribution in [0.4, 0.5) is 0 Å². The van der Waals surface area contributed by atoms with Gasteiger partial charge in [-0.05, 0) is 48.8 Å². The fourth-order valence-electron chi connectivity index (χ4n) is 4.68. The zero-order chi connectivity index (χ0) is 16.5. The van der Waals surface area contributed by atoms with E-state index >= 15 is 0 Å². The second-order valence-electron chi connectivity index (χ2n) is 7.57. The first-order valence-corrected chi connectivity index (χ1v) is 9.96. The Balaban J connectivity index is 1.29. The van der Waals surface area contributed by atoms with E-state index in [9.17, 15) is 0 Å². The highest BCUT2D eigenvalue weighted by Gasteiger charge is 2.36. The van der Waals surface area contributed by atoms with E-state index in [1.54, 1.807) is 7.11 Å². The minimum atomic E-state index is 0.874. The normalized spacial score (nSPS) is 30.2. The number of nitrogens with zero attached hydrogens (tertiary/aromatic N) is 2. The van der Waals surface area contributed by atoms with Crippen LogP contribution in [0, 0.1) is 17.8 Å². The summed E-state index contributed by atoms with van der Waals surface area (Å²) in [5, 5.41) is 0. The van der Waals surface area contributed by atoms with Crippen molar-refractivity contribution in [2.24, 2.45) is 17.8 Å². The van der Waals surface area contributed by atoms with Crippen LogP contribution in [-0.4, -0.2) is 49.6 Å². The second-order valence-corrected chi connectivity index (χ2v) is 8.49. The Morgan fingerprint density at radius 1 is 1.08 bits per heavy atom. The van der Waals surface area contributed by atoms with Gasteiger partial charge in [-0.15, -0.1) is 0 Å². The number of piperazine rings is 1. The molecule has 24 heavy (non-hydrogen) atoms. The SMILES string of the molecule is COc1ccc(Br)cc1CN1CCN(C[C@@H]2C[C@H]3C=C[C@H]2C3)CC1. The molecule has 2 bridgehead atoms. The van der Waals surface area contributed by atoms with Crippen LogP contribution in [0.5, 0.6) is 5.75 Å². The molecule has 1 saturated carbocycles. The Hall–Kier alpha value is -0.840. The maximum Gasteiger partial charge on any atom is 0.123 e. The van der Waals surface area contributed by atoms with Gasteiger partial charge < -0.3 is 9.64 Å². The number of methoxy groups -OCH3 is 1. The molecule has 3 nitrogen and oxygen atoms in total. The van der Waals surface area contributed by atoms with Crippen molar-refractivity contribution in [1.29, 1.82) is 0 Å². The molecule has 0 aromatic heterocycles. The zero-order valence-corrected chi connectivity index (χ0v) is 16.0. The molecule has 4 heteroatoms. The van der Waals surface area contributed by atoms with Gasteiger partial charge in [0.1, 0.15) is 5.75 Å². The largest absolute Gasteiger partial charge is 0.496 e. The molecular weight excluding hydrogens is 364 g/mol. The lowest BCUT2D eigenvalue weighted by Crippen LogP contribution is -2.47. The van der Waals surface area contributed by atoms with Gasteiger partial charge in [0.05, 0.1) is 7.11 Å². The monoisotopic (exact) mass is 390 g/mol. The third kappa shape index (κ3) is 3.56. The molecule has 2 aliphatic carbocycles. The molecule has 0 amide bonds. The summed E-state index contributed by atoms with van der Waals surface area (Å²) in [4.78, 5) is 5.25. The molecule has 0 unspecified atom stereocenters. The molecule has 0 spiro atoms. The van der Waals surface area contributed by atoms with Gasteiger partial charge in [0, 0.05) is 49.3 Å². The van der Waals surface area contributed by atoms with E-state index in [4.69, 9.17) is 4.74 Å². The molecule has 0 radical (unpaired) electrons. The Labute approximate surface area is 153 Å². The van der Waals surface area contributed by atoms with Gasteiger partial charge in [-0.2, -0.15) is 0 Å². The van der Waals surface area contributed by atoms with Crippen LogP contribution in [-0.2, 0) is 6.54 Å². The summed E-state index contributed by atoms with van der Waals surface area (Å²) in [6.45, 7) is 7.01. The number of halogens is 1. The highest BCUT2D eigenvalue weighted by Crippen LogP contribution is 2.43. The molecule has 1 saturated heterocycles. The fraction of sp³-hybridized carbons (Fsp3) is 0.600. The Bertz CT molecular complexity index is 610. The van der Waals surface area contributed by atoms with Gasteiger partial charge in [0.2, 0.25) is 0 Å². The highest BCUT2D eigenvalue weighted by molar-refractivity contribution is 9.10. The van der Waals surface area contributed by atoms with Crippen molar-refractivity contribution in [2.75, 3.05) is 39.8 Å². The maximum absolute atomic E-state index is 5.52. The number of allylic oxidation sites excluding steroid dienone is 2. The van der Waals surface area contributed by atoms with E-state index in [1.165, 1.54) is 38.0 Å². The number of rotatable bonds is 5. The van der Waals surface area contributed by atoms with Gasteiger partial charge in [0.15, 0.2) is 0 Å². The molecule has 4 rings (SSSR count). The maximum atomic E-state index is 5.52. The predicted molar refractivity (Wildman–Crippen MR) is 101 cm³/mol. The number of fused-ring (bicyclic) bond motifs is 2. The van der Waals surface area contributed by atoms with E-state index in [-0.39, 0.29) is 0 Å². The van der Waals surface area contributed by atoms with E-state index in [0.29, 0.717) is 0 Å². The molecule has 1 aromatic carbocycles. The minimum Gasteiger partial charge on any atom is -0.496 e. The van der Waals surface area contributed by atoms with E-state index in [0.717, 1.165) is 47.6 Å². The smallest absolute Gasteiger partial charge is 0.123 e. The van der Waals surface area contributed by atoms with Crippen molar-refractivity contribution in [3.8, 4) is 5.75 Å². The van der Waals surface area contributed by atoms with E-state index in [1.807, 2.05) is 6.07 Å². The average Bonchev–Trinajstić information content (AvgIpc) is 3.20. The summed E-state index contributed by atoms with van der Waals surface area (Å²) < 4.78 is 6.64. The van der Waals surface area contributed by atoms with Crippen LogP contribution < -0.4 is 4.74 Å². The Morgan fingerprint density at radius 3 is 2.54 bits per heavy atom. The van der Waals surface area contributed by atoms with Gasteiger partial charge in [-0.25, -0.2) is 0 Å². The summed E-state index contributed by atoms with van der Waals surface area (Å²) >= 11 is 3.58. The summed E-state index contributed by atoms with van der Waals surface area (Å²) in [5.41, 5.74) is 1.28. The van der Waals surface area contributed by atoms with Crippen LogP contribution in [0.15, 0.2) is 34.8 Å². The topological polar surface area (TPSA) is 15.7 Å². The molecule has 0 N–H and O–H groups in total. The molecule has 1 aromatic rings. The fourth-order valence-corrected chi connectivity index (χ4v) is 5.09. The van der Waals surface area contributed by atoms with Gasteiger partial charge in [-0.3, -0.25) is 4.90 Å². The molecule has 3 atom stereocenters. The van der Waals surface area contributed by atoms with Crippen LogP contribution in [0.1, 0.15) is 18.4 Å². The first kappa shape index (κ1) is 16.6. The lowest BCUT2D eigenvalue weighted by atomic mass is 9.93. The van der Waals surface area contributed by atoms with Crippen LogP contribution >= 0.6 is 15.9 Å². The number of hydrogen-bond donors (Lipinski definition) is 0. The van der Waals surface area contributed by atoms with Crippen molar-refractivity contribution in [3.05, 3.63) is 40.4 Å². The first-order valence-electron chi connectivity index (χ1n) is 9.16. The molecule has 3 aliphatic rings. The summed E-state index contributed by atoms with van der Waals surface area (Å²) in [7, 11) is 1.76. The molecule has 130 valence electrons. The van der Waals surface area contributed by atoms with E-state index < -0.39 is 0 Å². The van der Waals surface area contributed by atoms with Crippen molar-refractivity contribution < 1.29 is 4.74 Å². The lowest BCUT2D eigenvalue weighted by Gasteiger charge is -2.37. The number of hydrogen-bond acceptors (Lipinski definition) is 3. The zero-order valence-electron chi connectivity index (χ0n) is 14.5. The van der Waals surface area contributed by atoms with Crippen molar-refractivity contribution >= 4 is 15.9 Å². The quantitative estimate of drug-likeness (QED) is 0.711. The van der Waals surface area contributed by atoms with Crippen LogP contribution in [0.25, 0.3) is 0 Å². The number of ether oxygens (including phenoxy) is 1. The van der Waals surface area contributed by atoms with Crippen molar-refractivity contribution in [1.82, 2.24) is 9.80 Å². The van der Waals surface area contributed by atoms with Gasteiger partial charge in [0.25, 0.3) is 0 Å².